The number of hydrogen-bond acceptors (Lipinski definition) is 5. The second-order valence-corrected chi connectivity index (χ2v) is 10.5. The standard InChI is InChI=1S/C26H23N3O5S/c1-17-5-8-21(9-6-17)35(32,33)29(13-11-25(30)31)23-10-7-20(34-2)14-19(23)16-24(29)22-15-18-4-3-12-27-26(18)28-22/h3-10,12,14-16H,11,13H2,1-2H3,(H-,27,28,30,31)/p+1. The number of aromatic amines is 1. The summed E-state index contributed by atoms with van der Waals surface area (Å²) in [5.41, 5.74) is 3.62. The fourth-order valence-electron chi connectivity index (χ4n) is 4.62. The van der Waals surface area contributed by atoms with Crippen LogP contribution in [0.15, 0.2) is 71.8 Å². The van der Waals surface area contributed by atoms with E-state index in [1.807, 2.05) is 19.1 Å². The number of H-pyrrole nitrogens is 1. The predicted octanol–water partition coefficient (Wildman–Crippen LogP) is 4.56. The van der Waals surface area contributed by atoms with Crippen LogP contribution in [0.2, 0.25) is 0 Å². The maximum Gasteiger partial charge on any atom is 0.336 e. The molecule has 1 unspecified atom stereocenters. The number of nitrogens with one attached hydrogen (secondary N) is 1. The first-order valence-electron chi connectivity index (χ1n) is 11.0. The van der Waals surface area contributed by atoms with E-state index in [9.17, 15) is 18.3 Å². The number of quaternary nitrogens is 1. The number of hydrogen-bond donors (Lipinski definition) is 2. The number of aromatic nitrogens is 2. The fraction of sp³-hybridized carbons (Fsp3) is 0.154. The van der Waals surface area contributed by atoms with Crippen molar-refractivity contribution in [3.63, 3.8) is 0 Å². The molecule has 35 heavy (non-hydrogen) atoms. The molecule has 0 amide bonds. The summed E-state index contributed by atoms with van der Waals surface area (Å²) in [6.45, 7) is 1.69. The van der Waals surface area contributed by atoms with Gasteiger partial charge in [-0.05, 0) is 49.4 Å². The highest BCUT2D eigenvalue weighted by molar-refractivity contribution is 7.91. The molecule has 178 valence electrons. The van der Waals surface area contributed by atoms with Gasteiger partial charge in [-0.15, -0.1) is 3.89 Å². The largest absolute Gasteiger partial charge is 0.497 e. The molecule has 9 heteroatoms. The molecule has 1 aliphatic heterocycles. The number of ether oxygens (including phenoxy) is 1. The van der Waals surface area contributed by atoms with Gasteiger partial charge < -0.3 is 14.8 Å². The van der Waals surface area contributed by atoms with Crippen molar-refractivity contribution in [2.24, 2.45) is 0 Å². The molecule has 8 nitrogen and oxygen atoms in total. The number of methoxy groups -OCH3 is 1. The molecular weight excluding hydrogens is 466 g/mol. The van der Waals surface area contributed by atoms with Crippen LogP contribution in [0.1, 0.15) is 23.2 Å². The minimum atomic E-state index is -4.16. The van der Waals surface area contributed by atoms with Gasteiger partial charge in [-0.25, -0.2) is 4.98 Å². The number of pyridine rings is 1. The summed E-state index contributed by atoms with van der Waals surface area (Å²) in [6, 6.07) is 17.3. The first-order chi connectivity index (χ1) is 16.8. The smallest absolute Gasteiger partial charge is 0.336 e. The Labute approximate surface area is 202 Å². The number of benzene rings is 2. The Morgan fingerprint density at radius 1 is 1.11 bits per heavy atom. The minimum Gasteiger partial charge on any atom is -0.497 e. The van der Waals surface area contributed by atoms with Crippen LogP contribution in [0.5, 0.6) is 5.75 Å². The van der Waals surface area contributed by atoms with Crippen molar-refractivity contribution in [1.29, 1.82) is 0 Å². The summed E-state index contributed by atoms with van der Waals surface area (Å²) < 4.78 is 33.7. The number of aryl methyl sites for hydroxylation is 1. The van der Waals surface area contributed by atoms with E-state index in [0.717, 1.165) is 10.9 Å². The van der Waals surface area contributed by atoms with Crippen LogP contribution < -0.4 is 8.63 Å². The predicted molar refractivity (Wildman–Crippen MR) is 134 cm³/mol. The number of nitrogens with zero attached hydrogens (tertiary/aromatic N) is 2. The Bertz CT molecular complexity index is 1560. The van der Waals surface area contributed by atoms with Crippen molar-refractivity contribution in [3.8, 4) is 5.75 Å². The lowest BCUT2D eigenvalue weighted by Gasteiger charge is -2.34. The third-order valence-electron chi connectivity index (χ3n) is 6.34. The summed E-state index contributed by atoms with van der Waals surface area (Å²) in [4.78, 5) is 19.4. The van der Waals surface area contributed by atoms with Gasteiger partial charge in [0.1, 0.15) is 28.5 Å². The number of carboxylic acid groups (broad SMARTS) is 1. The average Bonchev–Trinajstić information content (AvgIpc) is 3.42. The van der Waals surface area contributed by atoms with Crippen molar-refractivity contribution in [3.05, 3.63) is 83.7 Å². The molecule has 0 aliphatic carbocycles. The highest BCUT2D eigenvalue weighted by Crippen LogP contribution is 2.50. The van der Waals surface area contributed by atoms with Crippen molar-refractivity contribution >= 4 is 44.5 Å². The van der Waals surface area contributed by atoms with E-state index >= 15 is 0 Å². The number of sulfonamides is 1. The maximum absolute atomic E-state index is 14.5. The van der Waals surface area contributed by atoms with Crippen molar-refractivity contribution < 1.29 is 23.1 Å². The van der Waals surface area contributed by atoms with Crippen LogP contribution in [-0.2, 0) is 14.8 Å². The lowest BCUT2D eigenvalue weighted by molar-refractivity contribution is -0.137. The molecule has 0 saturated heterocycles. The van der Waals surface area contributed by atoms with Crippen LogP contribution in [0, 0.1) is 6.92 Å². The van der Waals surface area contributed by atoms with E-state index in [-0.39, 0.29) is 17.9 Å². The quantitative estimate of drug-likeness (QED) is 0.368. The molecule has 0 radical (unpaired) electrons. The van der Waals surface area contributed by atoms with E-state index in [2.05, 4.69) is 9.97 Å². The van der Waals surface area contributed by atoms with Gasteiger partial charge in [0.2, 0.25) is 0 Å². The summed E-state index contributed by atoms with van der Waals surface area (Å²) in [7, 11) is -2.61. The molecule has 4 aromatic rings. The van der Waals surface area contributed by atoms with Crippen molar-refractivity contribution in [1.82, 2.24) is 13.9 Å². The van der Waals surface area contributed by atoms with Gasteiger partial charge >= 0.3 is 16.0 Å². The van der Waals surface area contributed by atoms with Gasteiger partial charge in [-0.3, -0.25) is 4.79 Å². The molecule has 0 bridgehead atoms. The Morgan fingerprint density at radius 2 is 1.89 bits per heavy atom. The normalized spacial score (nSPS) is 17.3. The summed E-state index contributed by atoms with van der Waals surface area (Å²) >= 11 is 0. The van der Waals surface area contributed by atoms with Gasteiger partial charge in [0, 0.05) is 29.3 Å². The Hall–Kier alpha value is -3.95. The number of aliphatic carboxylic acids is 1. The van der Waals surface area contributed by atoms with Gasteiger partial charge in [0.05, 0.1) is 13.5 Å². The second kappa shape index (κ2) is 8.37. The van der Waals surface area contributed by atoms with Gasteiger partial charge in [-0.1, -0.05) is 17.7 Å². The second-order valence-electron chi connectivity index (χ2n) is 8.47. The first-order valence-corrected chi connectivity index (χ1v) is 12.5. The lowest BCUT2D eigenvalue weighted by Crippen LogP contribution is -2.52. The van der Waals surface area contributed by atoms with E-state index in [1.165, 1.54) is 0 Å². The van der Waals surface area contributed by atoms with Gasteiger partial charge in [0.25, 0.3) is 0 Å². The molecule has 5 rings (SSSR count). The van der Waals surface area contributed by atoms with E-state index in [1.54, 1.807) is 67.9 Å². The molecule has 0 fully saturated rings. The monoisotopic (exact) mass is 490 g/mol. The molecular formula is C26H24N3O5S+. The van der Waals surface area contributed by atoms with Crippen LogP contribution in [0.3, 0.4) is 0 Å². The fourth-order valence-corrected chi connectivity index (χ4v) is 6.62. The lowest BCUT2D eigenvalue weighted by atomic mass is 10.2. The molecule has 0 spiro atoms. The van der Waals surface area contributed by atoms with Crippen molar-refractivity contribution in [2.75, 3.05) is 13.7 Å². The Kier molecular flexibility index (Phi) is 5.46. The zero-order valence-corrected chi connectivity index (χ0v) is 20.0. The molecule has 1 aliphatic rings. The minimum absolute atomic E-state index is 0.109. The molecule has 3 heterocycles. The van der Waals surface area contributed by atoms with Crippen LogP contribution in [-0.4, -0.2) is 43.1 Å². The van der Waals surface area contributed by atoms with Crippen LogP contribution in [0.4, 0.5) is 5.69 Å². The van der Waals surface area contributed by atoms with E-state index < -0.39 is 19.9 Å². The molecule has 2 N–H and O–H groups in total. The van der Waals surface area contributed by atoms with E-state index in [0.29, 0.717) is 34.0 Å². The average molecular weight is 491 g/mol. The summed E-state index contributed by atoms with van der Waals surface area (Å²) in [5, 5.41) is 10.4. The summed E-state index contributed by atoms with van der Waals surface area (Å²) in [5.74, 6) is -0.509. The molecule has 2 aromatic carbocycles. The zero-order valence-electron chi connectivity index (χ0n) is 19.2. The Balaban J connectivity index is 1.83. The third-order valence-corrected chi connectivity index (χ3v) is 8.61. The maximum atomic E-state index is 14.5. The van der Waals surface area contributed by atoms with Crippen molar-refractivity contribution in [2.45, 2.75) is 18.2 Å². The molecule has 0 saturated carbocycles. The zero-order chi connectivity index (χ0) is 24.8. The Morgan fingerprint density at radius 3 is 2.57 bits per heavy atom. The molecule has 2 aromatic heterocycles. The van der Waals surface area contributed by atoms with Gasteiger partial charge in [-0.2, -0.15) is 8.42 Å². The van der Waals surface area contributed by atoms with Gasteiger partial charge in [0.15, 0.2) is 11.4 Å². The third kappa shape index (κ3) is 3.60. The number of rotatable bonds is 7. The van der Waals surface area contributed by atoms with Crippen LogP contribution in [0.25, 0.3) is 22.8 Å². The van der Waals surface area contributed by atoms with Crippen LogP contribution >= 0.6 is 0 Å². The number of fused-ring (bicyclic) bond motifs is 2. The number of carbonyl (C=O) groups is 1. The first kappa shape index (κ1) is 22.8. The van der Waals surface area contributed by atoms with E-state index in [4.69, 9.17) is 4.74 Å². The topological polar surface area (TPSA) is 109 Å². The SMILES string of the molecule is COc1ccc2c(c1)C=C(c1cc3cccnc3[nH]1)[N+]2(CCC(=O)O)S(=O)(=O)c1ccc(C)cc1. The highest BCUT2D eigenvalue weighted by atomic mass is 32.2. The number of carboxylic acids is 1. The highest BCUT2D eigenvalue weighted by Gasteiger charge is 2.54. The molecule has 1 atom stereocenters. The summed E-state index contributed by atoms with van der Waals surface area (Å²) in [6.07, 6.45) is 3.09.